The summed E-state index contributed by atoms with van der Waals surface area (Å²) in [5, 5.41) is 0. The van der Waals surface area contributed by atoms with Gasteiger partial charge in [0.2, 0.25) is 5.91 Å². The summed E-state index contributed by atoms with van der Waals surface area (Å²) in [6, 6.07) is 10.1. The van der Waals surface area contributed by atoms with Gasteiger partial charge in [0, 0.05) is 12.6 Å². The van der Waals surface area contributed by atoms with Gasteiger partial charge in [-0.15, -0.1) is 0 Å². The Labute approximate surface area is 137 Å². The van der Waals surface area contributed by atoms with Gasteiger partial charge >= 0.3 is 0 Å². The van der Waals surface area contributed by atoms with E-state index in [1.54, 1.807) is 6.08 Å². The van der Waals surface area contributed by atoms with Gasteiger partial charge in [0.1, 0.15) is 3.23 Å². The van der Waals surface area contributed by atoms with Crippen LogP contribution in [0.4, 0.5) is 0 Å². The lowest BCUT2D eigenvalue weighted by Gasteiger charge is -2.35. The molecule has 0 radical (unpaired) electrons. The third-order valence-electron chi connectivity index (χ3n) is 3.32. The zero-order valence-corrected chi connectivity index (χ0v) is 15.1. The average molecular weight is 401 g/mol. The van der Waals surface area contributed by atoms with E-state index in [0.717, 1.165) is 17.7 Å². The molecule has 0 saturated carbocycles. The number of nitrogens with zero attached hydrogens (tertiary/aromatic N) is 1. The third kappa shape index (κ3) is 3.34. The van der Waals surface area contributed by atoms with E-state index in [1.807, 2.05) is 30.0 Å². The fourth-order valence-electron chi connectivity index (χ4n) is 2.60. The molecule has 0 aliphatic carbocycles. The summed E-state index contributed by atoms with van der Waals surface area (Å²) < 4.78 is -0.345. The first-order valence-electron chi connectivity index (χ1n) is 6.76. The number of amides is 1. The maximum Gasteiger partial charge on any atom is 0.247 e. The van der Waals surface area contributed by atoms with Crippen LogP contribution in [0.1, 0.15) is 26.3 Å². The standard InChI is InChI=1S/C16H19Br2NO/c1-11(2)10-19-14(20)9-13(15(19)16(3,17)18)12-7-5-4-6-8-12/h4-9,11,15H,10H2,1-3H3. The summed E-state index contributed by atoms with van der Waals surface area (Å²) in [6.07, 6.45) is 1.77. The zero-order valence-electron chi connectivity index (χ0n) is 11.9. The topological polar surface area (TPSA) is 20.3 Å². The molecule has 1 atom stereocenters. The van der Waals surface area contributed by atoms with E-state index in [9.17, 15) is 4.79 Å². The molecule has 0 spiro atoms. The fourth-order valence-corrected chi connectivity index (χ4v) is 3.58. The van der Waals surface area contributed by atoms with Crippen LogP contribution in [0.15, 0.2) is 36.4 Å². The third-order valence-corrected chi connectivity index (χ3v) is 4.18. The van der Waals surface area contributed by atoms with Crippen LogP contribution in [0.2, 0.25) is 0 Å². The van der Waals surface area contributed by atoms with Crippen LogP contribution in [0.5, 0.6) is 0 Å². The minimum absolute atomic E-state index is 0.0141. The molecular weight excluding hydrogens is 382 g/mol. The Morgan fingerprint density at radius 3 is 2.35 bits per heavy atom. The van der Waals surface area contributed by atoms with Gasteiger partial charge in [0.05, 0.1) is 6.04 Å². The van der Waals surface area contributed by atoms with Crippen LogP contribution < -0.4 is 0 Å². The van der Waals surface area contributed by atoms with Crippen LogP contribution in [0.25, 0.3) is 5.57 Å². The van der Waals surface area contributed by atoms with Gasteiger partial charge in [-0.2, -0.15) is 0 Å². The first-order chi connectivity index (χ1) is 9.30. The van der Waals surface area contributed by atoms with Crippen LogP contribution in [-0.2, 0) is 4.79 Å². The molecule has 2 nitrogen and oxygen atoms in total. The number of hydrogen-bond donors (Lipinski definition) is 0. The second-order valence-corrected chi connectivity index (χ2v) is 10.1. The summed E-state index contributed by atoms with van der Waals surface area (Å²) in [5.74, 6) is 0.528. The Hall–Kier alpha value is -0.610. The summed E-state index contributed by atoms with van der Waals surface area (Å²) in [6.45, 7) is 7.05. The Balaban J connectivity index is 2.41. The fraction of sp³-hybridized carbons (Fsp3) is 0.438. The predicted molar refractivity (Wildman–Crippen MR) is 91.0 cm³/mol. The molecule has 108 valence electrons. The van der Waals surface area contributed by atoms with Crippen molar-refractivity contribution in [2.24, 2.45) is 5.92 Å². The van der Waals surface area contributed by atoms with Crippen LogP contribution in [0.3, 0.4) is 0 Å². The highest BCUT2D eigenvalue weighted by Crippen LogP contribution is 2.43. The van der Waals surface area contributed by atoms with Gasteiger partial charge in [0.25, 0.3) is 0 Å². The van der Waals surface area contributed by atoms with Crippen molar-refractivity contribution in [2.45, 2.75) is 30.0 Å². The monoisotopic (exact) mass is 399 g/mol. The Bertz CT molecular complexity index is 517. The highest BCUT2D eigenvalue weighted by Gasteiger charge is 2.43. The van der Waals surface area contributed by atoms with E-state index < -0.39 is 0 Å². The van der Waals surface area contributed by atoms with E-state index in [0.29, 0.717) is 5.92 Å². The smallest absolute Gasteiger partial charge is 0.247 e. The lowest BCUT2D eigenvalue weighted by Crippen LogP contribution is -2.45. The largest absolute Gasteiger partial charge is 0.330 e. The lowest BCUT2D eigenvalue weighted by atomic mass is 9.97. The molecule has 2 rings (SSSR count). The van der Waals surface area contributed by atoms with Crippen molar-refractivity contribution in [3.05, 3.63) is 42.0 Å². The van der Waals surface area contributed by atoms with Crippen molar-refractivity contribution < 1.29 is 4.79 Å². The maximum absolute atomic E-state index is 12.4. The lowest BCUT2D eigenvalue weighted by molar-refractivity contribution is -0.126. The summed E-state index contributed by atoms with van der Waals surface area (Å²) in [7, 11) is 0. The number of rotatable bonds is 4. The van der Waals surface area contributed by atoms with Gasteiger partial charge in [0.15, 0.2) is 0 Å². The molecule has 1 aliphatic rings. The highest BCUT2D eigenvalue weighted by molar-refractivity contribution is 9.25. The number of carbonyl (C=O) groups excluding carboxylic acids is 1. The van der Waals surface area contributed by atoms with E-state index >= 15 is 0 Å². The van der Waals surface area contributed by atoms with E-state index in [-0.39, 0.29) is 15.2 Å². The van der Waals surface area contributed by atoms with Crippen molar-refractivity contribution in [1.29, 1.82) is 0 Å². The van der Waals surface area contributed by atoms with Crippen LogP contribution in [0, 0.1) is 5.92 Å². The number of carbonyl (C=O) groups is 1. The van der Waals surface area contributed by atoms with E-state index in [1.165, 1.54) is 0 Å². The normalized spacial score (nSPS) is 19.7. The molecule has 0 N–H and O–H groups in total. The zero-order chi connectivity index (χ0) is 14.9. The van der Waals surface area contributed by atoms with E-state index in [4.69, 9.17) is 0 Å². The van der Waals surface area contributed by atoms with Gasteiger partial charge in [-0.25, -0.2) is 0 Å². The first-order valence-corrected chi connectivity index (χ1v) is 8.34. The molecule has 1 unspecified atom stereocenters. The van der Waals surface area contributed by atoms with Crippen molar-refractivity contribution in [1.82, 2.24) is 4.90 Å². The predicted octanol–water partition coefficient (Wildman–Crippen LogP) is 4.44. The van der Waals surface area contributed by atoms with E-state index in [2.05, 4.69) is 57.8 Å². The minimum Gasteiger partial charge on any atom is -0.330 e. The SMILES string of the molecule is CC(C)CN1C(=O)C=C(c2ccccc2)C1C(C)(Br)Br. The van der Waals surface area contributed by atoms with Crippen molar-refractivity contribution >= 4 is 43.3 Å². The van der Waals surface area contributed by atoms with Gasteiger partial charge in [-0.05, 0) is 24.0 Å². The van der Waals surface area contributed by atoms with Gasteiger partial charge < -0.3 is 4.90 Å². The van der Waals surface area contributed by atoms with Crippen LogP contribution >= 0.6 is 31.9 Å². The maximum atomic E-state index is 12.4. The Morgan fingerprint density at radius 2 is 1.85 bits per heavy atom. The molecule has 1 aromatic carbocycles. The molecular formula is C16H19Br2NO. The highest BCUT2D eigenvalue weighted by atomic mass is 79.9. The molecule has 0 bridgehead atoms. The molecule has 1 aliphatic heterocycles. The van der Waals surface area contributed by atoms with Gasteiger partial charge in [-0.3, -0.25) is 4.79 Å². The number of halogens is 2. The molecule has 4 heteroatoms. The molecule has 0 saturated heterocycles. The summed E-state index contributed by atoms with van der Waals surface area (Å²) in [4.78, 5) is 14.3. The summed E-state index contributed by atoms with van der Waals surface area (Å²) >= 11 is 7.37. The van der Waals surface area contributed by atoms with Crippen molar-refractivity contribution in [3.8, 4) is 0 Å². The number of hydrogen-bond acceptors (Lipinski definition) is 1. The average Bonchev–Trinajstić information content (AvgIpc) is 2.67. The molecule has 0 fully saturated rings. The van der Waals surface area contributed by atoms with Crippen LogP contribution in [-0.4, -0.2) is 26.6 Å². The molecule has 1 aromatic rings. The Kier molecular flexibility index (Phi) is 4.75. The second kappa shape index (κ2) is 6.02. The number of benzene rings is 1. The molecule has 1 amide bonds. The first kappa shape index (κ1) is 15.8. The minimum atomic E-state index is -0.345. The number of alkyl halides is 2. The van der Waals surface area contributed by atoms with Gasteiger partial charge in [-0.1, -0.05) is 76.0 Å². The second-order valence-electron chi connectivity index (χ2n) is 5.71. The molecule has 1 heterocycles. The Morgan fingerprint density at radius 1 is 1.25 bits per heavy atom. The quantitative estimate of drug-likeness (QED) is 0.684. The molecule has 20 heavy (non-hydrogen) atoms. The van der Waals surface area contributed by atoms with Crippen molar-refractivity contribution in [2.75, 3.05) is 6.54 Å². The van der Waals surface area contributed by atoms with Crippen molar-refractivity contribution in [3.63, 3.8) is 0 Å². The summed E-state index contributed by atoms with van der Waals surface area (Å²) in [5.41, 5.74) is 2.16. The molecule has 0 aromatic heterocycles.